The number of carboxylic acids is 1. The van der Waals surface area contributed by atoms with E-state index in [-0.39, 0.29) is 35.3 Å². The molecule has 4 aliphatic rings. The zero-order valence-electron chi connectivity index (χ0n) is 22.0. The van der Waals surface area contributed by atoms with Crippen LogP contribution in [0.15, 0.2) is 54.3 Å². The number of likely N-dealkylation sites (N-methyl/N-ethyl adjacent to an activating group) is 1. The summed E-state index contributed by atoms with van der Waals surface area (Å²) in [6.07, 6.45) is -5.17. The largest absolute Gasteiger partial charge is 0.504 e. The van der Waals surface area contributed by atoms with E-state index in [0.717, 1.165) is 5.56 Å². The van der Waals surface area contributed by atoms with E-state index >= 15 is 0 Å². The van der Waals surface area contributed by atoms with E-state index in [9.17, 15) is 39.9 Å². The van der Waals surface area contributed by atoms with Crippen LogP contribution in [-0.4, -0.2) is 91.9 Å². The van der Waals surface area contributed by atoms with Crippen LogP contribution in [0.3, 0.4) is 0 Å². The van der Waals surface area contributed by atoms with E-state index in [0.29, 0.717) is 24.9 Å². The topological polar surface area (TPSA) is 183 Å². The summed E-state index contributed by atoms with van der Waals surface area (Å²) >= 11 is 0. The first kappa shape index (κ1) is 27.2. The third kappa shape index (κ3) is 3.86. The SMILES string of the molecule is CN1CC[C@]23c4c5ccc(O)c4O[C@H]2C(OC(=O)[C@H](O)[C@@H](O)C(=O)O[C@H](C(=O)O)c2ccccc2)=CC[C@@]3(O)[C@H]1C5. The van der Waals surface area contributed by atoms with E-state index in [4.69, 9.17) is 14.2 Å². The molecule has 0 unspecified atom stereocenters. The minimum Gasteiger partial charge on any atom is -0.504 e. The number of benzene rings is 2. The number of aromatic hydroxyl groups is 1. The molecule has 2 bridgehead atoms. The van der Waals surface area contributed by atoms with Crippen LogP contribution < -0.4 is 4.74 Å². The number of aliphatic carboxylic acids is 1. The number of carbonyl (C=O) groups excluding carboxylic acids is 2. The molecule has 2 aliphatic carbocycles. The maximum absolute atomic E-state index is 13.0. The van der Waals surface area contributed by atoms with Crippen molar-refractivity contribution in [2.24, 2.45) is 0 Å². The highest BCUT2D eigenvalue weighted by Crippen LogP contribution is 2.65. The molecule has 0 aromatic heterocycles. The van der Waals surface area contributed by atoms with Gasteiger partial charge in [-0.2, -0.15) is 0 Å². The predicted molar refractivity (Wildman–Crippen MR) is 138 cm³/mol. The monoisotopic (exact) mass is 567 g/mol. The maximum atomic E-state index is 13.0. The number of piperidine rings is 1. The number of hydrogen-bond donors (Lipinski definition) is 5. The quantitative estimate of drug-likeness (QED) is 0.289. The van der Waals surface area contributed by atoms with Gasteiger partial charge in [0, 0.05) is 23.6 Å². The number of nitrogens with zero attached hydrogens (tertiary/aromatic N) is 1. The van der Waals surface area contributed by atoms with Gasteiger partial charge in [-0.25, -0.2) is 14.4 Å². The molecule has 12 heteroatoms. The summed E-state index contributed by atoms with van der Waals surface area (Å²) in [7, 11) is 1.93. The summed E-state index contributed by atoms with van der Waals surface area (Å²) in [6, 6.07) is 10.5. The van der Waals surface area contributed by atoms with Crippen LogP contribution in [0.4, 0.5) is 0 Å². The van der Waals surface area contributed by atoms with Gasteiger partial charge in [0.05, 0.1) is 11.0 Å². The molecule has 1 saturated heterocycles. The Hall–Kier alpha value is -3.97. The molecule has 2 heterocycles. The van der Waals surface area contributed by atoms with Gasteiger partial charge < -0.3 is 44.6 Å². The predicted octanol–water partition coefficient (Wildman–Crippen LogP) is 0.304. The van der Waals surface area contributed by atoms with Crippen molar-refractivity contribution in [1.82, 2.24) is 4.90 Å². The number of carboxylic acid groups (broad SMARTS) is 1. The number of esters is 2. The van der Waals surface area contributed by atoms with Crippen molar-refractivity contribution < 1.29 is 54.1 Å². The number of carbonyl (C=O) groups is 3. The Bertz CT molecular complexity index is 1460. The van der Waals surface area contributed by atoms with Crippen LogP contribution in [0.25, 0.3) is 0 Å². The lowest BCUT2D eigenvalue weighted by molar-refractivity contribution is -0.183. The average Bonchev–Trinajstić information content (AvgIpc) is 3.32. The van der Waals surface area contributed by atoms with Crippen molar-refractivity contribution in [2.75, 3.05) is 13.6 Å². The zero-order valence-corrected chi connectivity index (χ0v) is 22.0. The maximum Gasteiger partial charge on any atom is 0.349 e. The summed E-state index contributed by atoms with van der Waals surface area (Å²) in [6.45, 7) is 0.599. The minimum atomic E-state index is -2.45. The third-order valence-electron chi connectivity index (χ3n) is 8.91. The summed E-state index contributed by atoms with van der Waals surface area (Å²) in [4.78, 5) is 39.2. The van der Waals surface area contributed by atoms with E-state index < -0.39 is 53.3 Å². The Kier molecular flexibility index (Phi) is 6.34. The van der Waals surface area contributed by atoms with Gasteiger partial charge in [-0.3, -0.25) is 0 Å². The highest BCUT2D eigenvalue weighted by molar-refractivity contribution is 5.87. The molecule has 0 radical (unpaired) electrons. The first-order chi connectivity index (χ1) is 19.5. The Morgan fingerprint density at radius 1 is 1.07 bits per heavy atom. The molecule has 2 aliphatic heterocycles. The van der Waals surface area contributed by atoms with Crippen LogP contribution in [0, 0.1) is 0 Å². The van der Waals surface area contributed by atoms with Crippen LogP contribution in [0.5, 0.6) is 11.5 Å². The highest BCUT2D eigenvalue weighted by Gasteiger charge is 2.72. The summed E-state index contributed by atoms with van der Waals surface area (Å²) in [5, 5.41) is 53.1. The first-order valence-corrected chi connectivity index (χ1v) is 13.2. The lowest BCUT2D eigenvalue weighted by Crippen LogP contribution is -2.74. The van der Waals surface area contributed by atoms with Crippen LogP contribution in [-0.2, 0) is 35.7 Å². The van der Waals surface area contributed by atoms with Gasteiger partial charge >= 0.3 is 17.9 Å². The first-order valence-electron chi connectivity index (χ1n) is 13.2. The molecular weight excluding hydrogens is 538 g/mol. The fourth-order valence-corrected chi connectivity index (χ4v) is 6.95. The molecule has 216 valence electrons. The van der Waals surface area contributed by atoms with Crippen molar-refractivity contribution in [2.45, 2.75) is 60.7 Å². The molecule has 6 rings (SSSR count). The van der Waals surface area contributed by atoms with Crippen molar-refractivity contribution in [3.63, 3.8) is 0 Å². The van der Waals surface area contributed by atoms with Gasteiger partial charge in [-0.1, -0.05) is 36.4 Å². The van der Waals surface area contributed by atoms with E-state index in [1.54, 1.807) is 12.1 Å². The fourth-order valence-electron chi connectivity index (χ4n) is 6.95. The van der Waals surface area contributed by atoms with E-state index in [2.05, 4.69) is 4.90 Å². The molecule has 1 fully saturated rings. The molecule has 2 aromatic rings. The van der Waals surface area contributed by atoms with Crippen molar-refractivity contribution in [3.05, 3.63) is 71.0 Å². The van der Waals surface area contributed by atoms with Crippen molar-refractivity contribution in [3.8, 4) is 11.5 Å². The number of phenolic OH excluding ortho intramolecular Hbond substituents is 1. The number of likely N-dealkylation sites (tertiary alicyclic amines) is 1. The van der Waals surface area contributed by atoms with Gasteiger partial charge in [0.25, 0.3) is 0 Å². The highest BCUT2D eigenvalue weighted by atomic mass is 16.6. The molecule has 12 nitrogen and oxygen atoms in total. The molecule has 0 saturated carbocycles. The number of rotatable bonds is 7. The third-order valence-corrected chi connectivity index (χ3v) is 8.91. The Labute approximate surface area is 234 Å². The smallest absolute Gasteiger partial charge is 0.349 e. The Morgan fingerprint density at radius 3 is 2.49 bits per heavy atom. The fraction of sp³-hybridized carbons (Fsp3) is 0.414. The summed E-state index contributed by atoms with van der Waals surface area (Å²) in [5.74, 6) is -4.43. The van der Waals surface area contributed by atoms with E-state index in [1.165, 1.54) is 36.4 Å². The van der Waals surface area contributed by atoms with Crippen molar-refractivity contribution in [1.29, 1.82) is 0 Å². The van der Waals surface area contributed by atoms with Crippen LogP contribution in [0.2, 0.25) is 0 Å². The second-order valence-electron chi connectivity index (χ2n) is 11.0. The Balaban J connectivity index is 1.24. The Morgan fingerprint density at radius 2 is 1.78 bits per heavy atom. The molecule has 1 spiro atoms. The molecule has 7 atom stereocenters. The number of phenols is 1. The number of ether oxygens (including phenoxy) is 3. The second-order valence-corrected chi connectivity index (χ2v) is 11.0. The molecule has 41 heavy (non-hydrogen) atoms. The standard InChI is InChI=1S/C29H29NO11/c1-30-12-11-28-19-15-7-8-16(31)23(19)40-24(28)17(9-10-29(28,38)18(30)13-15)39-26(36)20(32)21(33)27(37)41-22(25(34)35)14-5-3-2-4-6-14/h2-9,18,20-22,24,31-33,38H,10-13H2,1H3,(H,34,35)/t18-,20-,21-,22+,24+,28+,29-/m1/s1. The minimum absolute atomic E-state index is 0.0428. The lowest BCUT2D eigenvalue weighted by atomic mass is 9.50. The lowest BCUT2D eigenvalue weighted by Gasteiger charge is -2.61. The second kappa shape index (κ2) is 9.55. The molecule has 5 N–H and O–H groups in total. The molecular formula is C29H29NO11. The van der Waals surface area contributed by atoms with E-state index in [1.807, 2.05) is 7.05 Å². The molecule has 2 aromatic carbocycles. The normalized spacial score (nSPS) is 29.7. The van der Waals surface area contributed by atoms with Gasteiger partial charge in [-0.05, 0) is 44.1 Å². The van der Waals surface area contributed by atoms with Gasteiger partial charge in [0.2, 0.25) is 6.10 Å². The zero-order chi connectivity index (χ0) is 29.3. The van der Waals surface area contributed by atoms with Gasteiger partial charge in [0.15, 0.2) is 29.8 Å². The number of aliphatic hydroxyl groups excluding tert-OH is 2. The summed E-state index contributed by atoms with van der Waals surface area (Å²) < 4.78 is 16.5. The van der Waals surface area contributed by atoms with Gasteiger partial charge in [0.1, 0.15) is 5.76 Å². The average molecular weight is 568 g/mol. The van der Waals surface area contributed by atoms with Crippen molar-refractivity contribution >= 4 is 17.9 Å². The van der Waals surface area contributed by atoms with Gasteiger partial charge in [-0.15, -0.1) is 0 Å². The number of aliphatic hydroxyl groups is 3. The molecule has 0 amide bonds. The summed E-state index contributed by atoms with van der Waals surface area (Å²) in [5.41, 5.74) is -0.679. The van der Waals surface area contributed by atoms with Crippen LogP contribution in [0.1, 0.15) is 35.6 Å². The van der Waals surface area contributed by atoms with Crippen LogP contribution >= 0.6 is 0 Å². The number of hydrogen-bond acceptors (Lipinski definition) is 11.